The van der Waals surface area contributed by atoms with E-state index in [1.807, 2.05) is 0 Å². The summed E-state index contributed by atoms with van der Waals surface area (Å²) in [6, 6.07) is 4.66. The molecular weight excluding hydrogens is 292 g/mol. The normalized spacial score (nSPS) is 12.5. The van der Waals surface area contributed by atoms with Crippen LogP contribution >= 0.6 is 0 Å². The van der Waals surface area contributed by atoms with Gasteiger partial charge in [-0.2, -0.15) is 0 Å². The highest BCUT2D eigenvalue weighted by Crippen LogP contribution is 2.16. The van der Waals surface area contributed by atoms with Crippen LogP contribution in [0.15, 0.2) is 28.8 Å². The molecule has 2 aromatic rings. The Labute approximate surface area is 126 Å². The number of anilines is 1. The fourth-order valence-electron chi connectivity index (χ4n) is 1.92. The number of rotatable bonds is 5. The summed E-state index contributed by atoms with van der Waals surface area (Å²) in [5.41, 5.74) is 0.574. The SMILES string of the molecule is Cc1cc(NC(=O)C(C)N(C)Cc2c(F)cccc2F)on1. The molecule has 0 fully saturated rings. The zero-order chi connectivity index (χ0) is 16.3. The van der Waals surface area contributed by atoms with Crippen LogP contribution in [0.1, 0.15) is 18.2 Å². The topological polar surface area (TPSA) is 58.4 Å². The second-order valence-electron chi connectivity index (χ2n) is 5.11. The van der Waals surface area contributed by atoms with Crippen LogP contribution in [-0.2, 0) is 11.3 Å². The standard InChI is InChI=1S/C15H17F2N3O2/c1-9-7-14(22-19-9)18-15(21)10(2)20(3)8-11-12(16)5-4-6-13(11)17/h4-7,10H,8H2,1-3H3,(H,18,21). The van der Waals surface area contributed by atoms with Crippen molar-refractivity contribution in [3.05, 3.63) is 47.2 Å². The van der Waals surface area contributed by atoms with Crippen molar-refractivity contribution < 1.29 is 18.1 Å². The largest absolute Gasteiger partial charge is 0.338 e. The third-order valence-electron chi connectivity index (χ3n) is 3.38. The van der Waals surface area contributed by atoms with Gasteiger partial charge in [-0.25, -0.2) is 8.78 Å². The van der Waals surface area contributed by atoms with E-state index < -0.39 is 17.7 Å². The zero-order valence-corrected chi connectivity index (χ0v) is 12.6. The molecule has 0 aliphatic rings. The van der Waals surface area contributed by atoms with Crippen molar-refractivity contribution in [1.82, 2.24) is 10.1 Å². The number of aryl methyl sites for hydroxylation is 1. The van der Waals surface area contributed by atoms with Crippen molar-refractivity contribution in [3.63, 3.8) is 0 Å². The van der Waals surface area contributed by atoms with Gasteiger partial charge in [0.05, 0.1) is 11.7 Å². The Balaban J connectivity index is 2.02. The van der Waals surface area contributed by atoms with Crippen molar-refractivity contribution in [1.29, 1.82) is 0 Å². The molecule has 1 unspecified atom stereocenters. The smallest absolute Gasteiger partial charge is 0.243 e. The first kappa shape index (κ1) is 16.1. The Hall–Kier alpha value is -2.28. The summed E-state index contributed by atoms with van der Waals surface area (Å²) in [5, 5.41) is 6.22. The quantitative estimate of drug-likeness (QED) is 0.922. The van der Waals surface area contributed by atoms with Crippen LogP contribution < -0.4 is 5.32 Å². The fraction of sp³-hybridized carbons (Fsp3) is 0.333. The molecule has 0 spiro atoms. The predicted octanol–water partition coefficient (Wildman–Crippen LogP) is 2.72. The summed E-state index contributed by atoms with van der Waals surface area (Å²) in [6.07, 6.45) is 0. The molecule has 1 aromatic heterocycles. The predicted molar refractivity (Wildman–Crippen MR) is 77.2 cm³/mol. The second-order valence-corrected chi connectivity index (χ2v) is 5.11. The zero-order valence-electron chi connectivity index (χ0n) is 12.6. The minimum atomic E-state index is -0.634. The van der Waals surface area contributed by atoms with Crippen molar-refractivity contribution in [2.75, 3.05) is 12.4 Å². The maximum absolute atomic E-state index is 13.6. The van der Waals surface area contributed by atoms with E-state index in [2.05, 4.69) is 10.5 Å². The summed E-state index contributed by atoms with van der Waals surface area (Å²) in [4.78, 5) is 13.6. The molecular formula is C15H17F2N3O2. The van der Waals surface area contributed by atoms with Gasteiger partial charge in [-0.15, -0.1) is 0 Å². The number of hydrogen-bond acceptors (Lipinski definition) is 4. The molecule has 0 aliphatic carbocycles. The molecule has 0 saturated carbocycles. The summed E-state index contributed by atoms with van der Waals surface area (Å²) in [7, 11) is 1.61. The second kappa shape index (κ2) is 6.65. The minimum Gasteiger partial charge on any atom is -0.338 e. The van der Waals surface area contributed by atoms with Crippen LogP contribution in [0.25, 0.3) is 0 Å². The average molecular weight is 309 g/mol. The van der Waals surface area contributed by atoms with E-state index in [0.717, 1.165) is 0 Å². The Morgan fingerprint density at radius 3 is 2.59 bits per heavy atom. The lowest BCUT2D eigenvalue weighted by Crippen LogP contribution is -2.39. The highest BCUT2D eigenvalue weighted by Gasteiger charge is 2.21. The van der Waals surface area contributed by atoms with Crippen molar-refractivity contribution >= 4 is 11.8 Å². The molecule has 118 valence electrons. The van der Waals surface area contributed by atoms with E-state index in [1.54, 1.807) is 31.9 Å². The fourth-order valence-corrected chi connectivity index (χ4v) is 1.92. The molecule has 1 heterocycles. The number of nitrogens with zero attached hydrogens (tertiary/aromatic N) is 2. The number of amides is 1. The molecule has 7 heteroatoms. The lowest BCUT2D eigenvalue weighted by Gasteiger charge is -2.23. The Kier molecular flexibility index (Phi) is 4.87. The lowest BCUT2D eigenvalue weighted by molar-refractivity contribution is -0.120. The summed E-state index contributed by atoms with van der Waals surface area (Å²) in [6.45, 7) is 3.34. The lowest BCUT2D eigenvalue weighted by atomic mass is 10.1. The molecule has 2 rings (SSSR count). The van der Waals surface area contributed by atoms with E-state index >= 15 is 0 Å². The van der Waals surface area contributed by atoms with Gasteiger partial charge in [0.15, 0.2) is 0 Å². The molecule has 0 radical (unpaired) electrons. The number of likely N-dealkylation sites (N-methyl/N-ethyl adjacent to an activating group) is 1. The summed E-state index contributed by atoms with van der Waals surface area (Å²) in [5.74, 6) is -1.38. The van der Waals surface area contributed by atoms with Crippen LogP contribution in [0.2, 0.25) is 0 Å². The van der Waals surface area contributed by atoms with Gasteiger partial charge in [0.2, 0.25) is 11.8 Å². The highest BCUT2D eigenvalue weighted by molar-refractivity contribution is 5.93. The maximum atomic E-state index is 13.6. The first-order valence-electron chi connectivity index (χ1n) is 6.75. The van der Waals surface area contributed by atoms with E-state index in [4.69, 9.17) is 4.52 Å². The van der Waals surface area contributed by atoms with E-state index in [1.165, 1.54) is 18.2 Å². The third-order valence-corrected chi connectivity index (χ3v) is 3.38. The molecule has 0 aliphatic heterocycles. The minimum absolute atomic E-state index is 0.0253. The number of nitrogens with one attached hydrogen (secondary N) is 1. The van der Waals surface area contributed by atoms with Crippen molar-refractivity contribution in [3.8, 4) is 0 Å². The first-order valence-corrected chi connectivity index (χ1v) is 6.75. The maximum Gasteiger partial charge on any atom is 0.243 e. The van der Waals surface area contributed by atoms with Gasteiger partial charge in [0.1, 0.15) is 11.6 Å². The molecule has 0 saturated heterocycles. The van der Waals surface area contributed by atoms with Gasteiger partial charge < -0.3 is 4.52 Å². The van der Waals surface area contributed by atoms with Crippen LogP contribution in [-0.4, -0.2) is 29.1 Å². The number of carbonyl (C=O) groups excluding carboxylic acids is 1. The van der Waals surface area contributed by atoms with Gasteiger partial charge in [0.25, 0.3) is 0 Å². The van der Waals surface area contributed by atoms with Gasteiger partial charge in [-0.05, 0) is 33.0 Å². The Morgan fingerprint density at radius 1 is 1.41 bits per heavy atom. The van der Waals surface area contributed by atoms with Crippen LogP contribution in [0.3, 0.4) is 0 Å². The van der Waals surface area contributed by atoms with Gasteiger partial charge in [-0.1, -0.05) is 11.2 Å². The van der Waals surface area contributed by atoms with Gasteiger partial charge in [-0.3, -0.25) is 15.0 Å². The van der Waals surface area contributed by atoms with E-state index in [0.29, 0.717) is 5.69 Å². The summed E-state index contributed by atoms with van der Waals surface area (Å²) < 4.78 is 32.2. The van der Waals surface area contributed by atoms with E-state index in [9.17, 15) is 13.6 Å². The molecule has 5 nitrogen and oxygen atoms in total. The van der Waals surface area contributed by atoms with Crippen molar-refractivity contribution in [2.24, 2.45) is 0 Å². The van der Waals surface area contributed by atoms with Gasteiger partial charge >= 0.3 is 0 Å². The Bertz CT molecular complexity index is 652. The van der Waals surface area contributed by atoms with Crippen molar-refractivity contribution in [2.45, 2.75) is 26.4 Å². The van der Waals surface area contributed by atoms with Crippen LogP contribution in [0, 0.1) is 18.6 Å². The van der Waals surface area contributed by atoms with Crippen LogP contribution in [0.4, 0.5) is 14.7 Å². The first-order chi connectivity index (χ1) is 10.4. The van der Waals surface area contributed by atoms with E-state index in [-0.39, 0.29) is 23.9 Å². The molecule has 1 amide bonds. The average Bonchev–Trinajstić information content (AvgIpc) is 2.87. The monoisotopic (exact) mass is 309 g/mol. The number of carbonyl (C=O) groups is 1. The van der Waals surface area contributed by atoms with Gasteiger partial charge in [0, 0.05) is 18.2 Å². The number of hydrogen-bond donors (Lipinski definition) is 1. The Morgan fingerprint density at radius 2 is 2.05 bits per heavy atom. The molecule has 1 aromatic carbocycles. The number of halogens is 2. The molecule has 1 N–H and O–H groups in total. The number of benzene rings is 1. The molecule has 0 bridgehead atoms. The highest BCUT2D eigenvalue weighted by atomic mass is 19.1. The number of aromatic nitrogens is 1. The molecule has 22 heavy (non-hydrogen) atoms. The third kappa shape index (κ3) is 3.67. The molecule has 1 atom stereocenters. The van der Waals surface area contributed by atoms with Crippen LogP contribution in [0.5, 0.6) is 0 Å². The summed E-state index contributed by atoms with van der Waals surface area (Å²) >= 11 is 0.